The number of phenols is 2. The lowest BCUT2D eigenvalue weighted by Crippen LogP contribution is -2.51. The number of phenolic OH excluding ortho intramolecular Hbond substituents is 2. The summed E-state index contributed by atoms with van der Waals surface area (Å²) in [6.45, 7) is 2.99. The Kier molecular flexibility index (Phi) is 22.3. The molecule has 2 atom stereocenters. The van der Waals surface area contributed by atoms with Crippen molar-refractivity contribution < 1.29 is 87.6 Å². The molecule has 26 heteroatoms. The first kappa shape index (κ1) is 61.5. The van der Waals surface area contributed by atoms with Crippen LogP contribution in [0.4, 0.5) is 4.79 Å². The quantitative estimate of drug-likeness (QED) is 0.0203. The van der Waals surface area contributed by atoms with Gasteiger partial charge in [0.05, 0.1) is 50.9 Å². The van der Waals surface area contributed by atoms with Crippen LogP contribution in [0.15, 0.2) is 85.1 Å². The van der Waals surface area contributed by atoms with E-state index in [2.05, 4.69) is 36.9 Å². The number of esters is 1. The summed E-state index contributed by atoms with van der Waals surface area (Å²) in [5, 5.41) is 68.9. The zero-order chi connectivity index (χ0) is 59.3. The zero-order valence-electron chi connectivity index (χ0n) is 45.3. The first-order valence-electron chi connectivity index (χ1n) is 27.1. The van der Waals surface area contributed by atoms with Gasteiger partial charge >= 0.3 is 29.9 Å². The smallest absolute Gasteiger partial charge is 0.340 e. The minimum atomic E-state index is -1.49. The number of amides is 5. The van der Waals surface area contributed by atoms with Gasteiger partial charge in [0.1, 0.15) is 35.1 Å². The van der Waals surface area contributed by atoms with Gasteiger partial charge in [-0.15, -0.1) is 5.10 Å². The van der Waals surface area contributed by atoms with Gasteiger partial charge in [-0.25, -0.2) is 19.2 Å². The number of aryl methyl sites for hydroxylation is 2. The second-order valence-corrected chi connectivity index (χ2v) is 19.4. The van der Waals surface area contributed by atoms with Crippen LogP contribution in [0, 0.1) is 0 Å². The van der Waals surface area contributed by atoms with Crippen LogP contribution in [0.2, 0.25) is 0 Å². The van der Waals surface area contributed by atoms with E-state index in [1.807, 2.05) is 6.20 Å². The number of nitrogens with zero attached hydrogens (tertiary/aromatic N) is 3. The van der Waals surface area contributed by atoms with Gasteiger partial charge in [-0.05, 0) is 106 Å². The Morgan fingerprint density at radius 2 is 1.10 bits per heavy atom. The van der Waals surface area contributed by atoms with E-state index in [-0.39, 0.29) is 105 Å². The maximum absolute atomic E-state index is 13.4. The number of carbonyl (C=O) groups excluding carboxylic acids is 5. The Morgan fingerprint density at radius 3 is 1.67 bits per heavy atom. The lowest BCUT2D eigenvalue weighted by atomic mass is 9.77. The number of unbranched alkanes of at least 4 members (excludes halogenated alkanes) is 4. The summed E-state index contributed by atoms with van der Waals surface area (Å²) >= 11 is 0. The number of aromatic nitrogens is 3. The van der Waals surface area contributed by atoms with Gasteiger partial charge in [-0.1, -0.05) is 24.1 Å². The number of ether oxygens (including phenoxy) is 5. The van der Waals surface area contributed by atoms with Gasteiger partial charge in [0.15, 0.2) is 5.60 Å². The van der Waals surface area contributed by atoms with Crippen molar-refractivity contribution in [3.05, 3.63) is 130 Å². The number of hydrogen-bond acceptors (Lipinski definition) is 17. The van der Waals surface area contributed by atoms with Crippen molar-refractivity contribution in [2.45, 2.75) is 88.4 Å². The zero-order valence-corrected chi connectivity index (χ0v) is 45.3. The molecular weight excluding hydrogens is 1080 g/mol. The number of carboxylic acid groups (broad SMARTS) is 3. The Bertz CT molecular complexity index is 3060. The van der Waals surface area contributed by atoms with Gasteiger partial charge in [-0.3, -0.25) is 23.9 Å². The standard InChI is InChI=1S/C57H66N8O18/c66-39-14-17-43-47(32-39)82-48-33-40(67)15-18-44(48)57(43)42-16-13-37(31-41(42)55(77)83-57)52(72)60-23-26-80-28-30-81-29-27-79-25-22-59-51(71)36-11-9-35(10-12-36)50(70)58-21-5-2-1-3-7-38-34-65(64-63-38)24-6-4-8-45(53(73)74)61-56(78)62-46(54(75)76)19-20-49(68)69/h9-18,31-34,45-46,66-67H,1-8,19-30H2,(H,58,70)(H,59,71)(H,60,72)(H,68,69)(H,73,74)(H,75,76)(H2,61,62,78)/t45-,46-/m1/s1. The summed E-state index contributed by atoms with van der Waals surface area (Å²) in [6, 6.07) is 16.2. The molecule has 1 spiro atoms. The third kappa shape index (κ3) is 17.2. The van der Waals surface area contributed by atoms with E-state index in [1.165, 1.54) is 30.3 Å². The molecular formula is C57H66N8O18. The average Bonchev–Trinajstić information content (AvgIpc) is 1.79. The monoisotopic (exact) mass is 1150 g/mol. The summed E-state index contributed by atoms with van der Waals surface area (Å²) in [4.78, 5) is 97.8. The van der Waals surface area contributed by atoms with Gasteiger partial charge in [0.2, 0.25) is 0 Å². The molecule has 1 aromatic heterocycles. The molecule has 83 heavy (non-hydrogen) atoms. The largest absolute Gasteiger partial charge is 0.508 e. The van der Waals surface area contributed by atoms with Crippen LogP contribution in [0.25, 0.3) is 0 Å². The lowest BCUT2D eigenvalue weighted by Gasteiger charge is -2.36. The number of aliphatic carboxylic acids is 3. The van der Waals surface area contributed by atoms with E-state index in [4.69, 9.17) is 28.8 Å². The van der Waals surface area contributed by atoms with Crippen molar-refractivity contribution in [1.29, 1.82) is 0 Å². The van der Waals surface area contributed by atoms with E-state index in [9.17, 15) is 58.8 Å². The molecule has 4 aromatic carbocycles. The minimum absolute atomic E-state index is 0.0593. The molecule has 0 radical (unpaired) electrons. The summed E-state index contributed by atoms with van der Waals surface area (Å²) < 4.78 is 30.4. The van der Waals surface area contributed by atoms with Crippen LogP contribution in [0.1, 0.15) is 122 Å². The average molecular weight is 1150 g/mol. The van der Waals surface area contributed by atoms with Crippen LogP contribution >= 0.6 is 0 Å². The number of hydrogen-bond donors (Lipinski definition) is 10. The normalized spacial score (nSPS) is 13.3. The molecule has 7 rings (SSSR count). The number of carboxylic acids is 3. The number of carbonyl (C=O) groups is 8. The highest BCUT2D eigenvalue weighted by atomic mass is 16.6. The van der Waals surface area contributed by atoms with Gasteiger partial charge < -0.3 is 75.8 Å². The molecule has 5 amide bonds. The van der Waals surface area contributed by atoms with Crippen molar-refractivity contribution >= 4 is 47.6 Å². The summed E-state index contributed by atoms with van der Waals surface area (Å²) in [6.07, 6.45) is 6.09. The molecule has 0 fully saturated rings. The predicted octanol–water partition coefficient (Wildman–Crippen LogP) is 4.24. The first-order chi connectivity index (χ1) is 40.0. The van der Waals surface area contributed by atoms with E-state index in [1.54, 1.807) is 53.2 Å². The van der Waals surface area contributed by atoms with Gasteiger partial charge in [0, 0.05) is 84.3 Å². The molecule has 0 saturated heterocycles. The maximum Gasteiger partial charge on any atom is 0.340 e. The minimum Gasteiger partial charge on any atom is -0.508 e. The van der Waals surface area contributed by atoms with Gasteiger partial charge in [0.25, 0.3) is 17.7 Å². The number of urea groups is 1. The topological polar surface area (TPSA) is 375 Å². The molecule has 2 aliphatic rings. The highest BCUT2D eigenvalue weighted by Crippen LogP contribution is 2.57. The van der Waals surface area contributed by atoms with Crippen LogP contribution in [0.3, 0.4) is 0 Å². The second kappa shape index (κ2) is 30.1. The van der Waals surface area contributed by atoms with Crippen LogP contribution in [-0.4, -0.2) is 160 Å². The Labute approximate surface area is 475 Å². The molecule has 5 aromatic rings. The highest BCUT2D eigenvalue weighted by Gasteiger charge is 2.54. The second-order valence-electron chi connectivity index (χ2n) is 19.4. The summed E-state index contributed by atoms with van der Waals surface area (Å²) in [5.74, 6) is -5.22. The maximum atomic E-state index is 13.4. The fourth-order valence-corrected chi connectivity index (χ4v) is 9.25. The van der Waals surface area contributed by atoms with E-state index >= 15 is 0 Å². The van der Waals surface area contributed by atoms with Crippen molar-refractivity contribution in [1.82, 2.24) is 41.6 Å². The van der Waals surface area contributed by atoms with Crippen molar-refractivity contribution in [2.75, 3.05) is 59.3 Å². The van der Waals surface area contributed by atoms with E-state index in [0.29, 0.717) is 66.8 Å². The van der Waals surface area contributed by atoms with Crippen molar-refractivity contribution in [3.63, 3.8) is 0 Å². The third-order valence-corrected chi connectivity index (χ3v) is 13.5. The molecule has 442 valence electrons. The fraction of sp³-hybridized carbons (Fsp3) is 0.404. The molecule has 26 nitrogen and oxygen atoms in total. The van der Waals surface area contributed by atoms with E-state index < -0.39 is 59.9 Å². The number of fused-ring (bicyclic) bond motifs is 6. The molecule has 10 N–H and O–H groups in total. The number of rotatable bonds is 34. The molecule has 0 bridgehead atoms. The molecule has 0 aliphatic carbocycles. The molecule has 3 heterocycles. The first-order valence-corrected chi connectivity index (χ1v) is 27.1. The summed E-state index contributed by atoms with van der Waals surface area (Å²) in [7, 11) is 0. The third-order valence-electron chi connectivity index (χ3n) is 13.5. The Balaban J connectivity index is 0.671. The molecule has 0 unspecified atom stereocenters. The summed E-state index contributed by atoms with van der Waals surface area (Å²) in [5.41, 5.74) is 2.04. The number of aromatic hydroxyl groups is 2. The Hall–Kier alpha value is -9.14. The number of benzene rings is 4. The SMILES string of the molecule is O=C(O)CC[C@@H](NC(=O)N[C@H](CCCCn1cc(CCCCCCNC(=O)c2ccc(C(=O)NCCOCCOCCOCCNC(=O)c3ccc4c(c3)C(=O)OC43c4ccc(O)cc4Oc4cc(O)ccc43)cc2)nn1)C(=O)O)C(=O)O. The lowest BCUT2D eigenvalue weighted by molar-refractivity contribution is -0.140. The number of nitrogens with one attached hydrogen (secondary N) is 5. The predicted molar refractivity (Wildman–Crippen MR) is 291 cm³/mol. The van der Waals surface area contributed by atoms with Crippen LogP contribution in [-0.2, 0) is 51.9 Å². The van der Waals surface area contributed by atoms with Crippen LogP contribution in [0.5, 0.6) is 23.0 Å². The van der Waals surface area contributed by atoms with Crippen LogP contribution < -0.4 is 31.3 Å². The fourth-order valence-electron chi connectivity index (χ4n) is 9.25. The van der Waals surface area contributed by atoms with Gasteiger partial charge in [-0.2, -0.15) is 0 Å². The highest BCUT2D eigenvalue weighted by molar-refractivity contribution is 6.02. The molecule has 2 aliphatic heterocycles. The Morgan fingerprint density at radius 1 is 0.578 bits per heavy atom. The van der Waals surface area contributed by atoms with Crippen molar-refractivity contribution in [3.8, 4) is 23.0 Å². The van der Waals surface area contributed by atoms with E-state index in [0.717, 1.165) is 31.4 Å². The van der Waals surface area contributed by atoms with Crippen molar-refractivity contribution in [2.24, 2.45) is 0 Å². The molecule has 0 saturated carbocycles.